The molecule has 0 bridgehead atoms. The van der Waals surface area contributed by atoms with Gasteiger partial charge < -0.3 is 5.32 Å². The zero-order valence-electron chi connectivity index (χ0n) is 13.3. The maximum absolute atomic E-state index is 3.65. The smallest absolute Gasteiger partial charge is 0.0282 e. The summed E-state index contributed by atoms with van der Waals surface area (Å²) in [4.78, 5) is 2.62. The highest BCUT2D eigenvalue weighted by Gasteiger charge is 2.37. The summed E-state index contributed by atoms with van der Waals surface area (Å²) in [6, 6.07) is 6.77. The molecule has 0 atom stereocenters. The van der Waals surface area contributed by atoms with Gasteiger partial charge >= 0.3 is 0 Å². The number of nitrogens with zero attached hydrogens (tertiary/aromatic N) is 1. The number of piperazine rings is 1. The molecule has 0 amide bonds. The molecule has 2 heteroatoms. The SMILES string of the molecule is Cc1ccc(C)c(CN2CC(C)(C)NCC2(C)C)c1. The Labute approximate surface area is 118 Å². The number of aryl methyl sites for hydroxylation is 2. The number of hydrogen-bond acceptors (Lipinski definition) is 2. The van der Waals surface area contributed by atoms with E-state index in [1.54, 1.807) is 0 Å². The van der Waals surface area contributed by atoms with Crippen molar-refractivity contribution >= 4 is 0 Å². The summed E-state index contributed by atoms with van der Waals surface area (Å²) in [6.45, 7) is 16.8. The molecule has 0 radical (unpaired) electrons. The van der Waals surface area contributed by atoms with Crippen LogP contribution in [0.3, 0.4) is 0 Å². The van der Waals surface area contributed by atoms with Crippen LogP contribution in [0.25, 0.3) is 0 Å². The van der Waals surface area contributed by atoms with Crippen molar-refractivity contribution in [2.75, 3.05) is 13.1 Å². The van der Waals surface area contributed by atoms with Crippen LogP contribution < -0.4 is 5.32 Å². The van der Waals surface area contributed by atoms with Crippen LogP contribution in [0.4, 0.5) is 0 Å². The van der Waals surface area contributed by atoms with Gasteiger partial charge in [-0.25, -0.2) is 0 Å². The predicted octanol–water partition coefficient (Wildman–Crippen LogP) is 3.27. The molecule has 0 spiro atoms. The van der Waals surface area contributed by atoms with Crippen LogP contribution in [0.2, 0.25) is 0 Å². The lowest BCUT2D eigenvalue weighted by molar-refractivity contribution is 0.0322. The van der Waals surface area contributed by atoms with Gasteiger partial charge in [-0.3, -0.25) is 4.90 Å². The van der Waals surface area contributed by atoms with Crippen molar-refractivity contribution in [1.82, 2.24) is 10.2 Å². The lowest BCUT2D eigenvalue weighted by atomic mass is 9.90. The molecule has 1 fully saturated rings. The minimum absolute atomic E-state index is 0.202. The zero-order valence-corrected chi connectivity index (χ0v) is 13.3. The maximum atomic E-state index is 3.65. The molecule has 0 saturated carbocycles. The topological polar surface area (TPSA) is 15.3 Å². The maximum Gasteiger partial charge on any atom is 0.0282 e. The summed E-state index contributed by atoms with van der Waals surface area (Å²) in [6.07, 6.45) is 0. The van der Waals surface area contributed by atoms with Crippen molar-refractivity contribution in [2.24, 2.45) is 0 Å². The van der Waals surface area contributed by atoms with Crippen LogP contribution in [-0.2, 0) is 6.54 Å². The molecule has 1 aliphatic heterocycles. The van der Waals surface area contributed by atoms with Gasteiger partial charge in [-0.05, 0) is 52.7 Å². The average molecular weight is 260 g/mol. The van der Waals surface area contributed by atoms with Gasteiger partial charge in [0.05, 0.1) is 0 Å². The molecule has 2 nitrogen and oxygen atoms in total. The fourth-order valence-electron chi connectivity index (χ4n) is 2.76. The fraction of sp³-hybridized carbons (Fsp3) is 0.647. The first-order valence-corrected chi connectivity index (χ1v) is 7.26. The second-order valence-electron chi connectivity index (χ2n) is 7.34. The first-order chi connectivity index (χ1) is 8.70. The Balaban J connectivity index is 2.22. The number of hydrogen-bond donors (Lipinski definition) is 1. The minimum atomic E-state index is 0.202. The first-order valence-electron chi connectivity index (χ1n) is 7.26. The molecule has 0 unspecified atom stereocenters. The van der Waals surface area contributed by atoms with Crippen LogP contribution in [0, 0.1) is 13.8 Å². The van der Waals surface area contributed by atoms with Crippen LogP contribution in [-0.4, -0.2) is 29.1 Å². The first kappa shape index (κ1) is 14.5. The van der Waals surface area contributed by atoms with Gasteiger partial charge in [0.1, 0.15) is 0 Å². The second-order valence-corrected chi connectivity index (χ2v) is 7.34. The van der Waals surface area contributed by atoms with Gasteiger partial charge in [0.25, 0.3) is 0 Å². The van der Waals surface area contributed by atoms with Crippen molar-refractivity contribution in [1.29, 1.82) is 0 Å². The summed E-state index contributed by atoms with van der Waals surface area (Å²) in [7, 11) is 0. The van der Waals surface area contributed by atoms with Crippen LogP contribution in [0.1, 0.15) is 44.4 Å². The molecule has 1 heterocycles. The van der Waals surface area contributed by atoms with Gasteiger partial charge in [0.15, 0.2) is 0 Å². The Hall–Kier alpha value is -0.860. The molecule has 2 rings (SSSR count). The van der Waals surface area contributed by atoms with Gasteiger partial charge in [0.2, 0.25) is 0 Å². The number of rotatable bonds is 2. The van der Waals surface area contributed by atoms with Crippen LogP contribution in [0.5, 0.6) is 0 Å². The molecule has 106 valence electrons. The Morgan fingerprint density at radius 3 is 2.53 bits per heavy atom. The highest BCUT2D eigenvalue weighted by Crippen LogP contribution is 2.26. The Morgan fingerprint density at radius 2 is 1.84 bits per heavy atom. The number of benzene rings is 1. The third kappa shape index (κ3) is 3.37. The summed E-state index contributed by atoms with van der Waals surface area (Å²) in [5.41, 5.74) is 4.63. The average Bonchev–Trinajstić information content (AvgIpc) is 2.29. The summed E-state index contributed by atoms with van der Waals surface area (Å²) in [5, 5.41) is 3.65. The van der Waals surface area contributed by atoms with E-state index in [4.69, 9.17) is 0 Å². The van der Waals surface area contributed by atoms with Crippen LogP contribution >= 0.6 is 0 Å². The van der Waals surface area contributed by atoms with E-state index in [1.807, 2.05) is 0 Å². The minimum Gasteiger partial charge on any atom is -0.309 e. The zero-order chi connectivity index (χ0) is 14.3. The van der Waals surface area contributed by atoms with E-state index in [-0.39, 0.29) is 11.1 Å². The molecule has 0 aliphatic carbocycles. The second kappa shape index (κ2) is 4.92. The van der Waals surface area contributed by atoms with E-state index >= 15 is 0 Å². The van der Waals surface area contributed by atoms with Crippen molar-refractivity contribution < 1.29 is 0 Å². The standard InChI is InChI=1S/C17H28N2/c1-13-7-8-14(2)15(9-13)10-19-12-16(3,4)18-11-17(19,5)6/h7-9,18H,10-12H2,1-6H3. The molecule has 0 aromatic heterocycles. The van der Waals surface area contributed by atoms with Gasteiger partial charge in [-0.15, -0.1) is 0 Å². The van der Waals surface area contributed by atoms with Crippen LogP contribution in [0.15, 0.2) is 18.2 Å². The van der Waals surface area contributed by atoms with Gasteiger partial charge in [0, 0.05) is 30.7 Å². The summed E-state index contributed by atoms with van der Waals surface area (Å²) < 4.78 is 0. The summed E-state index contributed by atoms with van der Waals surface area (Å²) >= 11 is 0. The number of nitrogens with one attached hydrogen (secondary N) is 1. The predicted molar refractivity (Wildman–Crippen MR) is 82.5 cm³/mol. The molecule has 19 heavy (non-hydrogen) atoms. The lowest BCUT2D eigenvalue weighted by Crippen LogP contribution is -2.65. The molecule has 1 aromatic carbocycles. The largest absolute Gasteiger partial charge is 0.309 e. The van der Waals surface area contributed by atoms with Gasteiger partial charge in [-0.1, -0.05) is 23.8 Å². The monoisotopic (exact) mass is 260 g/mol. The van der Waals surface area contributed by atoms with E-state index in [9.17, 15) is 0 Å². The molecule has 1 N–H and O–H groups in total. The highest BCUT2D eigenvalue weighted by atomic mass is 15.3. The van der Waals surface area contributed by atoms with Crippen molar-refractivity contribution in [2.45, 2.75) is 59.2 Å². The van der Waals surface area contributed by atoms with E-state index < -0.39 is 0 Å². The fourth-order valence-corrected chi connectivity index (χ4v) is 2.76. The van der Waals surface area contributed by atoms with E-state index in [0.29, 0.717) is 0 Å². The highest BCUT2D eigenvalue weighted by molar-refractivity contribution is 5.30. The van der Waals surface area contributed by atoms with Crippen molar-refractivity contribution in [3.05, 3.63) is 34.9 Å². The summed E-state index contributed by atoms with van der Waals surface area (Å²) in [5.74, 6) is 0. The molecule has 1 aliphatic rings. The van der Waals surface area contributed by atoms with E-state index in [0.717, 1.165) is 19.6 Å². The van der Waals surface area contributed by atoms with Gasteiger partial charge in [-0.2, -0.15) is 0 Å². The Morgan fingerprint density at radius 1 is 1.16 bits per heavy atom. The molecular formula is C17H28N2. The van der Waals surface area contributed by atoms with E-state index in [1.165, 1.54) is 16.7 Å². The van der Waals surface area contributed by atoms with E-state index in [2.05, 4.69) is 70.0 Å². The van der Waals surface area contributed by atoms with Crippen molar-refractivity contribution in [3.63, 3.8) is 0 Å². The van der Waals surface area contributed by atoms with Crippen molar-refractivity contribution in [3.8, 4) is 0 Å². The quantitative estimate of drug-likeness (QED) is 0.878. The molecule has 1 aromatic rings. The lowest BCUT2D eigenvalue weighted by Gasteiger charge is -2.50. The normalized spacial score (nSPS) is 22.4. The third-order valence-corrected chi connectivity index (χ3v) is 4.31. The Kier molecular flexibility index (Phi) is 3.76. The molecule has 1 saturated heterocycles. The third-order valence-electron chi connectivity index (χ3n) is 4.31. The Bertz CT molecular complexity index is 460. The molecular weight excluding hydrogens is 232 g/mol.